The Morgan fingerprint density at radius 2 is 1.97 bits per heavy atom. The number of nitrogens with zero attached hydrogens (tertiary/aromatic N) is 2. The molecule has 1 aromatic heterocycles. The Morgan fingerprint density at radius 1 is 1.20 bits per heavy atom. The van der Waals surface area contributed by atoms with Gasteiger partial charge in [0.2, 0.25) is 21.7 Å². The summed E-state index contributed by atoms with van der Waals surface area (Å²) in [6, 6.07) is 13.0. The molecule has 1 aliphatic carbocycles. The minimum atomic E-state index is -3.73. The number of hydrogen-bond donors (Lipinski definition) is 2. The zero-order valence-electron chi connectivity index (χ0n) is 19.2. The molecule has 1 amide bonds. The summed E-state index contributed by atoms with van der Waals surface area (Å²) in [5.41, 5.74) is 1.39. The number of alkyl halides is 2. The average molecular weight is 501 g/mol. The second-order valence-corrected chi connectivity index (χ2v) is 11.2. The Morgan fingerprint density at radius 3 is 2.71 bits per heavy atom. The van der Waals surface area contributed by atoms with Crippen LogP contribution in [0.15, 0.2) is 64.5 Å². The Kier molecular flexibility index (Phi) is 5.86. The van der Waals surface area contributed by atoms with E-state index in [9.17, 15) is 22.0 Å². The summed E-state index contributed by atoms with van der Waals surface area (Å²) in [6.07, 6.45) is 2.56. The lowest BCUT2D eigenvalue weighted by atomic mass is 9.78. The van der Waals surface area contributed by atoms with E-state index in [1.165, 1.54) is 6.07 Å². The van der Waals surface area contributed by atoms with E-state index in [2.05, 4.69) is 15.7 Å². The minimum absolute atomic E-state index is 0.119. The Balaban J connectivity index is 1.49. The molecule has 1 fully saturated rings. The van der Waals surface area contributed by atoms with Crippen LogP contribution in [0.1, 0.15) is 43.6 Å². The highest BCUT2D eigenvalue weighted by Gasteiger charge is 2.39. The molecule has 184 valence electrons. The first-order valence-corrected chi connectivity index (χ1v) is 13.0. The molecule has 2 atom stereocenters. The molecule has 0 spiro atoms. The van der Waals surface area contributed by atoms with E-state index in [-0.39, 0.29) is 40.9 Å². The number of nitrogens with one attached hydrogen (secondary N) is 2. The van der Waals surface area contributed by atoms with Crippen LogP contribution in [-0.4, -0.2) is 30.0 Å². The number of carbonyl (C=O) groups is 1. The Labute approximate surface area is 202 Å². The number of amides is 1. The SMILES string of the molecule is Cn1ccc(NC(=O)C(CC2CCCC(F)(F)C2)c2ccc3c(c2)Nc2ccccc2S3(=O)=O)n1. The highest BCUT2D eigenvalue weighted by atomic mass is 32.2. The van der Waals surface area contributed by atoms with Crippen molar-refractivity contribution in [3.05, 3.63) is 60.3 Å². The highest BCUT2D eigenvalue weighted by molar-refractivity contribution is 7.92. The van der Waals surface area contributed by atoms with Crippen LogP contribution in [0.25, 0.3) is 0 Å². The molecule has 1 aliphatic heterocycles. The highest BCUT2D eigenvalue weighted by Crippen LogP contribution is 2.44. The molecule has 10 heteroatoms. The van der Waals surface area contributed by atoms with Crippen molar-refractivity contribution in [3.63, 3.8) is 0 Å². The topological polar surface area (TPSA) is 93.1 Å². The maximum atomic E-state index is 14.1. The van der Waals surface area contributed by atoms with Crippen LogP contribution in [0.4, 0.5) is 26.0 Å². The second-order valence-electron chi connectivity index (χ2n) is 9.35. The minimum Gasteiger partial charge on any atom is -0.353 e. The van der Waals surface area contributed by atoms with Crippen LogP contribution in [0.5, 0.6) is 0 Å². The number of benzene rings is 2. The van der Waals surface area contributed by atoms with Gasteiger partial charge in [-0.3, -0.25) is 9.48 Å². The maximum Gasteiger partial charge on any atom is 0.248 e. The van der Waals surface area contributed by atoms with Crippen LogP contribution in [0.3, 0.4) is 0 Å². The summed E-state index contributed by atoms with van der Waals surface area (Å²) in [6.45, 7) is 0. The third kappa shape index (κ3) is 4.67. The van der Waals surface area contributed by atoms with Gasteiger partial charge in [-0.25, -0.2) is 17.2 Å². The third-order valence-electron chi connectivity index (χ3n) is 6.73. The molecule has 1 saturated carbocycles. The molecule has 0 saturated heterocycles. The summed E-state index contributed by atoms with van der Waals surface area (Å²) < 4.78 is 56.0. The molecule has 5 rings (SSSR count). The van der Waals surface area contributed by atoms with Gasteiger partial charge in [-0.15, -0.1) is 0 Å². The number of anilines is 3. The van der Waals surface area contributed by atoms with Crippen molar-refractivity contribution in [2.45, 2.75) is 53.7 Å². The van der Waals surface area contributed by atoms with Gasteiger partial charge in [0.15, 0.2) is 5.82 Å². The molecule has 0 bridgehead atoms. The molecular formula is C25H26F2N4O3S. The lowest BCUT2D eigenvalue weighted by Crippen LogP contribution is -2.30. The average Bonchev–Trinajstić information content (AvgIpc) is 3.21. The van der Waals surface area contributed by atoms with Crippen molar-refractivity contribution < 1.29 is 22.0 Å². The summed E-state index contributed by atoms with van der Waals surface area (Å²) in [7, 11) is -2.00. The van der Waals surface area contributed by atoms with Gasteiger partial charge < -0.3 is 10.6 Å². The van der Waals surface area contributed by atoms with Gasteiger partial charge in [0.05, 0.1) is 27.1 Å². The van der Waals surface area contributed by atoms with E-state index in [1.807, 2.05) is 0 Å². The van der Waals surface area contributed by atoms with Crippen molar-refractivity contribution in [1.82, 2.24) is 9.78 Å². The van der Waals surface area contributed by atoms with E-state index in [1.54, 1.807) is 60.4 Å². The number of carbonyl (C=O) groups excluding carboxylic acids is 1. The normalized spacial score (nSPS) is 20.7. The van der Waals surface area contributed by atoms with E-state index in [0.717, 1.165) is 0 Å². The molecule has 2 aromatic carbocycles. The van der Waals surface area contributed by atoms with Crippen molar-refractivity contribution in [1.29, 1.82) is 0 Å². The predicted octanol–water partition coefficient (Wildman–Crippen LogP) is 5.25. The van der Waals surface area contributed by atoms with Crippen LogP contribution < -0.4 is 10.6 Å². The molecule has 35 heavy (non-hydrogen) atoms. The third-order valence-corrected chi connectivity index (χ3v) is 8.60. The summed E-state index contributed by atoms with van der Waals surface area (Å²) >= 11 is 0. The number of sulfone groups is 1. The number of para-hydroxylation sites is 1. The summed E-state index contributed by atoms with van der Waals surface area (Å²) in [5, 5.41) is 10.1. The fourth-order valence-corrected chi connectivity index (χ4v) is 6.61. The first kappa shape index (κ1) is 23.5. The predicted molar refractivity (Wildman–Crippen MR) is 128 cm³/mol. The smallest absolute Gasteiger partial charge is 0.248 e. The molecule has 3 aromatic rings. The fraction of sp³-hybridized carbons (Fsp3) is 0.360. The van der Waals surface area contributed by atoms with Gasteiger partial charge in [-0.2, -0.15) is 5.10 Å². The fourth-order valence-electron chi connectivity index (χ4n) is 5.06. The zero-order valence-corrected chi connectivity index (χ0v) is 20.0. The van der Waals surface area contributed by atoms with Crippen molar-refractivity contribution in [2.75, 3.05) is 10.6 Å². The van der Waals surface area contributed by atoms with Gasteiger partial charge in [0, 0.05) is 32.2 Å². The molecule has 2 unspecified atom stereocenters. The lowest BCUT2D eigenvalue weighted by molar-refractivity contribution is -0.118. The maximum absolute atomic E-state index is 14.1. The van der Waals surface area contributed by atoms with Crippen LogP contribution in [-0.2, 0) is 21.7 Å². The molecule has 2 heterocycles. The standard InChI is InChI=1S/C25H26F2N4O3S/c1-31-12-10-23(30-31)29-24(32)18(13-16-5-4-11-25(26,27)15-16)17-8-9-22-20(14-17)28-19-6-2-3-7-21(19)35(22,33)34/h2-3,6-10,12,14,16,18,28H,4-5,11,13,15H2,1H3,(H,29,30,32). The number of fused-ring (bicyclic) bond motifs is 2. The van der Waals surface area contributed by atoms with Crippen LogP contribution in [0, 0.1) is 5.92 Å². The number of aromatic nitrogens is 2. The second kappa shape index (κ2) is 8.75. The van der Waals surface area contributed by atoms with Crippen LogP contribution >= 0.6 is 0 Å². The van der Waals surface area contributed by atoms with E-state index < -0.39 is 21.7 Å². The number of rotatable bonds is 5. The van der Waals surface area contributed by atoms with Crippen LogP contribution in [0.2, 0.25) is 0 Å². The first-order chi connectivity index (χ1) is 16.6. The van der Waals surface area contributed by atoms with Gasteiger partial charge in [-0.05, 0) is 55.0 Å². The van der Waals surface area contributed by atoms with Crippen molar-refractivity contribution in [3.8, 4) is 0 Å². The molecule has 7 nitrogen and oxygen atoms in total. The lowest BCUT2D eigenvalue weighted by Gasteiger charge is -2.31. The largest absolute Gasteiger partial charge is 0.353 e. The molecule has 2 N–H and O–H groups in total. The van der Waals surface area contributed by atoms with Gasteiger partial charge in [-0.1, -0.05) is 18.2 Å². The van der Waals surface area contributed by atoms with Gasteiger partial charge >= 0.3 is 0 Å². The number of aryl methyl sites for hydroxylation is 1. The van der Waals surface area contributed by atoms with Gasteiger partial charge in [0.1, 0.15) is 0 Å². The molecule has 2 aliphatic rings. The van der Waals surface area contributed by atoms with E-state index in [0.29, 0.717) is 35.6 Å². The summed E-state index contributed by atoms with van der Waals surface area (Å²) in [5.74, 6) is -3.81. The molecule has 0 radical (unpaired) electrons. The summed E-state index contributed by atoms with van der Waals surface area (Å²) in [4.78, 5) is 13.7. The van der Waals surface area contributed by atoms with Gasteiger partial charge in [0.25, 0.3) is 0 Å². The number of hydrogen-bond acceptors (Lipinski definition) is 5. The first-order valence-electron chi connectivity index (χ1n) is 11.6. The monoisotopic (exact) mass is 500 g/mol. The Bertz CT molecular complexity index is 1390. The molecular weight excluding hydrogens is 474 g/mol. The van der Waals surface area contributed by atoms with E-state index in [4.69, 9.17) is 0 Å². The van der Waals surface area contributed by atoms with Crippen molar-refractivity contribution >= 4 is 32.9 Å². The van der Waals surface area contributed by atoms with Crippen molar-refractivity contribution in [2.24, 2.45) is 13.0 Å². The zero-order chi connectivity index (χ0) is 24.8. The quantitative estimate of drug-likeness (QED) is 0.391. The Hall–Kier alpha value is -3.27. The number of halogens is 2. The van der Waals surface area contributed by atoms with E-state index >= 15 is 0 Å².